The van der Waals surface area contributed by atoms with Crippen molar-refractivity contribution in [2.45, 2.75) is 19.4 Å². The van der Waals surface area contributed by atoms with Gasteiger partial charge in [0.2, 0.25) is 5.82 Å². The minimum atomic E-state index is -0.0637. The van der Waals surface area contributed by atoms with Crippen molar-refractivity contribution in [3.8, 4) is 11.6 Å². The molecular weight excluding hydrogens is 208 g/mol. The van der Waals surface area contributed by atoms with E-state index in [1.54, 1.807) is 18.4 Å². The lowest BCUT2D eigenvalue weighted by Gasteiger charge is -2.00. The second kappa shape index (κ2) is 3.75. The van der Waals surface area contributed by atoms with Crippen molar-refractivity contribution in [1.29, 1.82) is 0 Å². The lowest BCUT2D eigenvalue weighted by molar-refractivity contribution is 0.0811. The van der Waals surface area contributed by atoms with Crippen molar-refractivity contribution in [3.63, 3.8) is 0 Å². The highest BCUT2D eigenvalue weighted by Crippen LogP contribution is 2.31. The predicted molar refractivity (Wildman–Crippen MR) is 54.5 cm³/mol. The zero-order valence-electron chi connectivity index (χ0n) is 8.92. The smallest absolute Gasteiger partial charge is 0.256 e. The summed E-state index contributed by atoms with van der Waals surface area (Å²) in [5, 5.41) is 3.87. The first kappa shape index (κ1) is 9.59. The molecule has 1 aliphatic rings. The molecule has 16 heavy (non-hydrogen) atoms. The molecule has 84 valence electrons. The van der Waals surface area contributed by atoms with Gasteiger partial charge in [0.1, 0.15) is 6.10 Å². The Morgan fingerprint density at radius 1 is 1.44 bits per heavy atom. The van der Waals surface area contributed by atoms with E-state index < -0.39 is 0 Å². The molecule has 0 amide bonds. The van der Waals surface area contributed by atoms with Crippen LogP contribution in [0, 0.1) is 5.92 Å². The second-order valence-electron chi connectivity index (χ2n) is 4.10. The number of aromatic nitrogens is 2. The van der Waals surface area contributed by atoms with E-state index in [1.165, 1.54) is 0 Å². The quantitative estimate of drug-likeness (QED) is 0.777. The monoisotopic (exact) mass is 220 g/mol. The molecule has 1 fully saturated rings. The number of ether oxygens (including phenoxy) is 1. The fourth-order valence-corrected chi connectivity index (χ4v) is 1.83. The summed E-state index contributed by atoms with van der Waals surface area (Å²) in [5.41, 5.74) is 0. The highest BCUT2D eigenvalue weighted by molar-refractivity contribution is 5.44. The standard InChI is InChI=1S/C11H12N2O3/c1-7-5-9(15-6-7)11-12-10(13-16-11)8-3-2-4-14-8/h2-4,7,9H,5-6H2,1H3. The molecule has 0 aromatic carbocycles. The highest BCUT2D eigenvalue weighted by atomic mass is 16.5. The van der Waals surface area contributed by atoms with Crippen molar-refractivity contribution < 1.29 is 13.7 Å². The normalized spacial score (nSPS) is 25.1. The third-order valence-corrected chi connectivity index (χ3v) is 2.66. The van der Waals surface area contributed by atoms with E-state index in [9.17, 15) is 0 Å². The highest BCUT2D eigenvalue weighted by Gasteiger charge is 2.28. The van der Waals surface area contributed by atoms with Crippen LogP contribution in [-0.2, 0) is 4.74 Å². The summed E-state index contributed by atoms with van der Waals surface area (Å²) < 4.78 is 15.9. The molecule has 3 rings (SSSR count). The molecule has 5 nitrogen and oxygen atoms in total. The SMILES string of the molecule is CC1COC(c2nc(-c3ccco3)no2)C1. The fourth-order valence-electron chi connectivity index (χ4n) is 1.83. The molecule has 1 aliphatic heterocycles. The predicted octanol–water partition coefficient (Wildman–Crippen LogP) is 2.43. The van der Waals surface area contributed by atoms with Crippen LogP contribution in [0.15, 0.2) is 27.3 Å². The first-order chi connectivity index (χ1) is 7.83. The van der Waals surface area contributed by atoms with Gasteiger partial charge in [0.15, 0.2) is 5.76 Å². The van der Waals surface area contributed by atoms with Crippen molar-refractivity contribution in [2.24, 2.45) is 5.92 Å². The van der Waals surface area contributed by atoms with Crippen LogP contribution in [0.3, 0.4) is 0 Å². The minimum absolute atomic E-state index is 0.0637. The van der Waals surface area contributed by atoms with Crippen molar-refractivity contribution >= 4 is 0 Å². The van der Waals surface area contributed by atoms with Crippen LogP contribution in [0.2, 0.25) is 0 Å². The van der Waals surface area contributed by atoms with Gasteiger partial charge in [0.05, 0.1) is 12.9 Å². The average molecular weight is 220 g/mol. The van der Waals surface area contributed by atoms with E-state index in [4.69, 9.17) is 13.7 Å². The summed E-state index contributed by atoms with van der Waals surface area (Å²) >= 11 is 0. The van der Waals surface area contributed by atoms with Gasteiger partial charge in [0, 0.05) is 0 Å². The van der Waals surface area contributed by atoms with E-state index in [-0.39, 0.29) is 6.10 Å². The Bertz CT molecular complexity index is 463. The van der Waals surface area contributed by atoms with Crippen molar-refractivity contribution in [2.75, 3.05) is 6.61 Å². The molecule has 0 spiro atoms. The molecule has 5 heteroatoms. The summed E-state index contributed by atoms with van der Waals surface area (Å²) in [4.78, 5) is 4.27. The van der Waals surface area contributed by atoms with Crippen LogP contribution in [-0.4, -0.2) is 16.7 Å². The summed E-state index contributed by atoms with van der Waals surface area (Å²) in [6.07, 6.45) is 2.45. The number of nitrogens with zero attached hydrogens (tertiary/aromatic N) is 2. The van der Waals surface area contributed by atoms with E-state index in [2.05, 4.69) is 17.1 Å². The first-order valence-electron chi connectivity index (χ1n) is 5.32. The van der Waals surface area contributed by atoms with Crippen LogP contribution < -0.4 is 0 Å². The van der Waals surface area contributed by atoms with Gasteiger partial charge in [-0.25, -0.2) is 0 Å². The maximum absolute atomic E-state index is 5.56. The van der Waals surface area contributed by atoms with E-state index in [0.717, 1.165) is 13.0 Å². The number of hydrogen-bond acceptors (Lipinski definition) is 5. The molecule has 0 N–H and O–H groups in total. The maximum Gasteiger partial charge on any atom is 0.256 e. The van der Waals surface area contributed by atoms with Gasteiger partial charge in [-0.3, -0.25) is 0 Å². The van der Waals surface area contributed by atoms with Gasteiger partial charge in [-0.05, 0) is 24.5 Å². The molecule has 0 aliphatic carbocycles. The molecule has 2 aromatic heterocycles. The Morgan fingerprint density at radius 2 is 2.38 bits per heavy atom. The van der Waals surface area contributed by atoms with Gasteiger partial charge < -0.3 is 13.7 Å². The number of furan rings is 1. The van der Waals surface area contributed by atoms with E-state index in [0.29, 0.717) is 23.4 Å². The summed E-state index contributed by atoms with van der Waals surface area (Å²) in [6.45, 7) is 2.90. The van der Waals surface area contributed by atoms with Crippen molar-refractivity contribution in [3.05, 3.63) is 24.3 Å². The van der Waals surface area contributed by atoms with Crippen LogP contribution >= 0.6 is 0 Å². The Morgan fingerprint density at radius 3 is 3.06 bits per heavy atom. The number of hydrogen-bond donors (Lipinski definition) is 0. The summed E-state index contributed by atoms with van der Waals surface area (Å²) in [5.74, 6) is 2.17. The zero-order chi connectivity index (χ0) is 11.0. The fraction of sp³-hybridized carbons (Fsp3) is 0.455. The Labute approximate surface area is 92.4 Å². The molecule has 1 saturated heterocycles. The Kier molecular flexibility index (Phi) is 2.25. The van der Waals surface area contributed by atoms with Gasteiger partial charge in [-0.1, -0.05) is 12.1 Å². The maximum atomic E-state index is 5.56. The van der Waals surface area contributed by atoms with Crippen LogP contribution in [0.4, 0.5) is 0 Å². The van der Waals surface area contributed by atoms with Crippen LogP contribution in [0.5, 0.6) is 0 Å². The van der Waals surface area contributed by atoms with Crippen LogP contribution in [0.25, 0.3) is 11.6 Å². The molecule has 0 saturated carbocycles. The Hall–Kier alpha value is -1.62. The Balaban J connectivity index is 1.83. The van der Waals surface area contributed by atoms with Gasteiger partial charge in [0.25, 0.3) is 5.89 Å². The molecule has 0 bridgehead atoms. The molecular formula is C11H12N2O3. The molecule has 3 heterocycles. The molecule has 0 radical (unpaired) electrons. The van der Waals surface area contributed by atoms with Gasteiger partial charge in [-0.15, -0.1) is 0 Å². The molecule has 2 atom stereocenters. The largest absolute Gasteiger partial charge is 0.461 e. The lowest BCUT2D eigenvalue weighted by atomic mass is 10.1. The van der Waals surface area contributed by atoms with Crippen molar-refractivity contribution in [1.82, 2.24) is 10.1 Å². The van der Waals surface area contributed by atoms with E-state index in [1.807, 2.05) is 0 Å². The zero-order valence-corrected chi connectivity index (χ0v) is 8.92. The summed E-state index contributed by atoms with van der Waals surface area (Å²) in [7, 11) is 0. The summed E-state index contributed by atoms with van der Waals surface area (Å²) in [6, 6.07) is 3.59. The van der Waals surface area contributed by atoms with Crippen LogP contribution in [0.1, 0.15) is 25.3 Å². The van der Waals surface area contributed by atoms with Gasteiger partial charge in [-0.2, -0.15) is 4.98 Å². The molecule has 2 aromatic rings. The average Bonchev–Trinajstić information content (AvgIpc) is 2.97. The van der Waals surface area contributed by atoms with Gasteiger partial charge >= 0.3 is 0 Å². The minimum Gasteiger partial charge on any atom is -0.461 e. The second-order valence-corrected chi connectivity index (χ2v) is 4.10. The first-order valence-corrected chi connectivity index (χ1v) is 5.32. The molecule has 2 unspecified atom stereocenters. The topological polar surface area (TPSA) is 61.3 Å². The third kappa shape index (κ3) is 1.63. The lowest BCUT2D eigenvalue weighted by Crippen LogP contribution is -1.95. The third-order valence-electron chi connectivity index (χ3n) is 2.66. The number of rotatable bonds is 2. The van der Waals surface area contributed by atoms with E-state index >= 15 is 0 Å².